The molecule has 2 aromatic carbocycles. The maximum atomic E-state index is 12.6. The standard InChI is InChI=1S/C19H13NO5/c1-24-10-11-8-17(21)25-16-9-12(6-7-13(11)16)20-18(22)14-4-2-3-5-15(14)19(20)23/h2-9H,10H2,1H3. The normalized spacial score (nSPS) is 13.6. The molecule has 1 aliphatic heterocycles. The number of hydrogen-bond acceptors (Lipinski definition) is 5. The molecule has 4 rings (SSSR count). The molecule has 124 valence electrons. The second kappa shape index (κ2) is 5.68. The van der Waals surface area contributed by atoms with Gasteiger partial charge >= 0.3 is 5.63 Å². The lowest BCUT2D eigenvalue weighted by molar-refractivity contribution is 0.0926. The minimum atomic E-state index is -0.515. The third-order valence-corrected chi connectivity index (χ3v) is 4.17. The first-order valence-corrected chi connectivity index (χ1v) is 7.63. The van der Waals surface area contributed by atoms with Crippen molar-refractivity contribution in [3.63, 3.8) is 0 Å². The number of fused-ring (bicyclic) bond motifs is 2. The smallest absolute Gasteiger partial charge is 0.336 e. The highest BCUT2D eigenvalue weighted by molar-refractivity contribution is 6.34. The van der Waals surface area contributed by atoms with Crippen molar-refractivity contribution in [3.8, 4) is 0 Å². The summed E-state index contributed by atoms with van der Waals surface area (Å²) in [4.78, 5) is 38.0. The topological polar surface area (TPSA) is 76.8 Å². The van der Waals surface area contributed by atoms with Gasteiger partial charge in [-0.15, -0.1) is 0 Å². The average Bonchev–Trinajstić information content (AvgIpc) is 2.86. The van der Waals surface area contributed by atoms with Crippen molar-refractivity contribution in [3.05, 3.63) is 75.6 Å². The molecule has 0 fully saturated rings. The first-order chi connectivity index (χ1) is 12.1. The Morgan fingerprint density at radius 2 is 1.64 bits per heavy atom. The van der Waals surface area contributed by atoms with Crippen molar-refractivity contribution in [1.29, 1.82) is 0 Å². The average molecular weight is 335 g/mol. The molecule has 0 radical (unpaired) electrons. The van der Waals surface area contributed by atoms with Gasteiger partial charge in [0.1, 0.15) is 5.58 Å². The summed E-state index contributed by atoms with van der Waals surface area (Å²) in [6, 6.07) is 12.9. The van der Waals surface area contributed by atoms with E-state index in [4.69, 9.17) is 9.15 Å². The van der Waals surface area contributed by atoms with E-state index in [2.05, 4.69) is 0 Å². The number of hydrogen-bond donors (Lipinski definition) is 0. The van der Waals surface area contributed by atoms with Crippen LogP contribution in [0.25, 0.3) is 11.0 Å². The van der Waals surface area contributed by atoms with E-state index in [-0.39, 0.29) is 6.61 Å². The Morgan fingerprint density at radius 1 is 0.960 bits per heavy atom. The summed E-state index contributed by atoms with van der Waals surface area (Å²) in [5, 5.41) is 0.696. The van der Waals surface area contributed by atoms with Crippen LogP contribution in [0, 0.1) is 0 Å². The molecule has 1 aliphatic rings. The number of ether oxygens (including phenoxy) is 1. The maximum absolute atomic E-state index is 12.6. The number of anilines is 1. The molecular formula is C19H13NO5. The molecule has 0 spiro atoms. The molecule has 0 N–H and O–H groups in total. The number of amides is 2. The molecule has 2 heterocycles. The minimum absolute atomic E-state index is 0.258. The van der Waals surface area contributed by atoms with E-state index in [1.165, 1.54) is 19.2 Å². The van der Waals surface area contributed by atoms with Crippen molar-refractivity contribution in [2.24, 2.45) is 0 Å². The van der Waals surface area contributed by atoms with Crippen LogP contribution >= 0.6 is 0 Å². The fraction of sp³-hybridized carbons (Fsp3) is 0.105. The van der Waals surface area contributed by atoms with Crippen molar-refractivity contribution < 1.29 is 18.7 Å². The Morgan fingerprint density at radius 3 is 2.28 bits per heavy atom. The van der Waals surface area contributed by atoms with E-state index < -0.39 is 17.4 Å². The van der Waals surface area contributed by atoms with Crippen molar-refractivity contribution in [1.82, 2.24) is 0 Å². The summed E-state index contributed by atoms with van der Waals surface area (Å²) in [6.45, 7) is 0.258. The molecule has 3 aromatic rings. The summed E-state index contributed by atoms with van der Waals surface area (Å²) in [5.41, 5.74) is 1.55. The highest BCUT2D eigenvalue weighted by Gasteiger charge is 2.36. The molecule has 0 bridgehead atoms. The van der Waals surface area contributed by atoms with E-state index >= 15 is 0 Å². The monoisotopic (exact) mass is 335 g/mol. The molecular weight excluding hydrogens is 322 g/mol. The van der Waals surface area contributed by atoms with Crippen LogP contribution in [0.3, 0.4) is 0 Å². The predicted molar refractivity (Wildman–Crippen MR) is 90.8 cm³/mol. The molecule has 0 atom stereocenters. The van der Waals surface area contributed by atoms with E-state index in [0.717, 1.165) is 4.90 Å². The van der Waals surface area contributed by atoms with Crippen LogP contribution in [0.5, 0.6) is 0 Å². The first-order valence-electron chi connectivity index (χ1n) is 7.63. The Kier molecular flexibility index (Phi) is 3.47. The summed E-state index contributed by atoms with van der Waals surface area (Å²) in [7, 11) is 1.54. The van der Waals surface area contributed by atoms with E-state index in [1.807, 2.05) is 0 Å². The Labute approximate surface area is 142 Å². The van der Waals surface area contributed by atoms with Crippen LogP contribution in [0.1, 0.15) is 26.3 Å². The summed E-state index contributed by atoms with van der Waals surface area (Å²) >= 11 is 0. The van der Waals surface area contributed by atoms with Gasteiger partial charge < -0.3 is 9.15 Å². The predicted octanol–water partition coefficient (Wildman–Crippen LogP) is 2.74. The second-order valence-electron chi connectivity index (χ2n) is 5.70. The van der Waals surface area contributed by atoms with Gasteiger partial charge in [0.25, 0.3) is 11.8 Å². The zero-order valence-electron chi connectivity index (χ0n) is 13.3. The van der Waals surface area contributed by atoms with Gasteiger partial charge in [0.05, 0.1) is 23.4 Å². The highest BCUT2D eigenvalue weighted by Crippen LogP contribution is 2.31. The van der Waals surface area contributed by atoms with Crippen molar-refractivity contribution in [2.45, 2.75) is 6.61 Å². The Bertz CT molecular complexity index is 1050. The second-order valence-corrected chi connectivity index (χ2v) is 5.70. The zero-order chi connectivity index (χ0) is 17.6. The van der Waals surface area contributed by atoms with Gasteiger partial charge in [-0.2, -0.15) is 0 Å². The van der Waals surface area contributed by atoms with Crippen LogP contribution in [0.15, 0.2) is 57.7 Å². The number of rotatable bonds is 3. The lowest BCUT2D eigenvalue weighted by Gasteiger charge is -2.14. The van der Waals surface area contributed by atoms with Gasteiger partial charge in [-0.05, 0) is 29.8 Å². The molecule has 6 nitrogen and oxygen atoms in total. The van der Waals surface area contributed by atoms with E-state index in [9.17, 15) is 14.4 Å². The molecule has 0 saturated heterocycles. The zero-order valence-corrected chi connectivity index (χ0v) is 13.3. The SMILES string of the molecule is COCc1cc(=O)oc2cc(N3C(=O)c4ccccc4C3=O)ccc12. The molecule has 1 aromatic heterocycles. The van der Waals surface area contributed by atoms with Crippen molar-refractivity contribution in [2.75, 3.05) is 12.0 Å². The first kappa shape index (κ1) is 15.3. The number of imide groups is 1. The number of nitrogens with zero attached hydrogens (tertiary/aromatic N) is 1. The molecule has 0 unspecified atom stereocenters. The highest BCUT2D eigenvalue weighted by atomic mass is 16.5. The Balaban J connectivity index is 1.85. The maximum Gasteiger partial charge on any atom is 0.336 e. The van der Waals surface area contributed by atoms with Crippen LogP contribution in [-0.2, 0) is 11.3 Å². The van der Waals surface area contributed by atoms with Crippen LogP contribution in [0.2, 0.25) is 0 Å². The van der Waals surface area contributed by atoms with Gasteiger partial charge in [-0.3, -0.25) is 9.59 Å². The number of carbonyl (C=O) groups excluding carboxylic acids is 2. The third kappa shape index (κ3) is 2.35. The summed E-state index contributed by atoms with van der Waals surface area (Å²) in [5.74, 6) is -0.786. The molecule has 2 amide bonds. The van der Waals surface area contributed by atoms with Crippen LogP contribution in [-0.4, -0.2) is 18.9 Å². The Hall–Kier alpha value is -3.25. The van der Waals surface area contributed by atoms with Gasteiger partial charge in [-0.25, -0.2) is 9.69 Å². The van der Waals surface area contributed by atoms with Gasteiger partial charge in [-0.1, -0.05) is 12.1 Å². The van der Waals surface area contributed by atoms with E-state index in [0.29, 0.717) is 33.3 Å². The molecule has 0 saturated carbocycles. The van der Waals surface area contributed by atoms with Crippen LogP contribution < -0.4 is 10.5 Å². The fourth-order valence-corrected chi connectivity index (χ4v) is 3.06. The van der Waals surface area contributed by atoms with Gasteiger partial charge in [0.15, 0.2) is 0 Å². The summed E-state index contributed by atoms with van der Waals surface area (Å²) < 4.78 is 10.3. The number of carbonyl (C=O) groups is 2. The molecule has 25 heavy (non-hydrogen) atoms. The van der Waals surface area contributed by atoms with E-state index in [1.54, 1.807) is 36.4 Å². The molecule has 0 aliphatic carbocycles. The lowest BCUT2D eigenvalue weighted by atomic mass is 10.1. The largest absolute Gasteiger partial charge is 0.423 e. The van der Waals surface area contributed by atoms with Crippen molar-refractivity contribution >= 4 is 28.5 Å². The number of methoxy groups -OCH3 is 1. The quantitative estimate of drug-likeness (QED) is 0.543. The summed E-state index contributed by atoms with van der Waals surface area (Å²) in [6.07, 6.45) is 0. The lowest BCUT2D eigenvalue weighted by Crippen LogP contribution is -2.29. The fourth-order valence-electron chi connectivity index (χ4n) is 3.06. The minimum Gasteiger partial charge on any atom is -0.423 e. The van der Waals surface area contributed by atoms with Gasteiger partial charge in [0.2, 0.25) is 0 Å². The number of benzene rings is 2. The van der Waals surface area contributed by atoms with Crippen LogP contribution in [0.4, 0.5) is 5.69 Å². The third-order valence-electron chi connectivity index (χ3n) is 4.17. The molecule has 6 heteroatoms. The van der Waals surface area contributed by atoms with Gasteiger partial charge in [0, 0.05) is 24.6 Å².